The number of fused-ring (bicyclic) bond motifs is 1. The number of benzene rings is 3. The van der Waals surface area contributed by atoms with Crippen molar-refractivity contribution in [3.05, 3.63) is 106 Å². The molecule has 3 aromatic carbocycles. The predicted molar refractivity (Wildman–Crippen MR) is 259 cm³/mol. The summed E-state index contributed by atoms with van der Waals surface area (Å²) in [6.07, 6.45) is 10.3. The summed E-state index contributed by atoms with van der Waals surface area (Å²) in [6.45, 7) is 12.8. The summed E-state index contributed by atoms with van der Waals surface area (Å²) in [4.78, 5) is 38.0. The standard InChI is InChI=1S/C51H63N7O8S/c1-5-65-49-46(27-35-19-24-52-47(35)54-49)66-45-28-36(56-25-22-51(23-26-56)31-57(32-51)43-12-8-11-40(43)39-10-7-6-9-38(39)33(2)3)13-15-41(45)48(59)55-67(63,64)37-14-16-42(44(29-37)58(61)62)53-30-34-17-20-50(4,60)21-18-34/h6-7,9-10,13-16,19,24,27-29,33-34,40,43,53,60H,5,8,11-12,17-18,20-23,25-26,30-32H2,1-4H3,(H,52,54)(H,55,59)/t34?,40-,43-,50?/m0/s1. The number of carbonyl (C=O) groups is 1. The van der Waals surface area contributed by atoms with Crippen LogP contribution in [-0.2, 0) is 10.0 Å². The number of aliphatic hydroxyl groups is 1. The zero-order valence-electron chi connectivity index (χ0n) is 38.9. The van der Waals surface area contributed by atoms with Crippen LogP contribution < -0.4 is 24.4 Å². The van der Waals surface area contributed by atoms with Gasteiger partial charge in [-0.3, -0.25) is 19.8 Å². The maximum absolute atomic E-state index is 14.2. The van der Waals surface area contributed by atoms with Crippen molar-refractivity contribution < 1.29 is 32.7 Å². The van der Waals surface area contributed by atoms with Crippen LogP contribution in [0.25, 0.3) is 11.0 Å². The fraction of sp³-hybridized carbons (Fsp3) is 0.490. The van der Waals surface area contributed by atoms with Gasteiger partial charge in [0.15, 0.2) is 5.75 Å². The van der Waals surface area contributed by atoms with Crippen molar-refractivity contribution in [1.82, 2.24) is 19.6 Å². The van der Waals surface area contributed by atoms with Crippen molar-refractivity contribution in [2.24, 2.45) is 11.3 Å². The Bertz CT molecular complexity index is 2730. The van der Waals surface area contributed by atoms with Crippen molar-refractivity contribution >= 4 is 44.0 Å². The number of likely N-dealkylation sites (tertiary alicyclic amines) is 1. The SMILES string of the molecule is CCOc1nc2[nH]ccc2cc1Oc1cc(N2CCC3(CC2)CN([C@H]2CCC[C@H]2c2ccccc2C(C)C)C3)ccc1C(=O)NS(=O)(=O)c1ccc(NCC2CCC(C)(O)CC2)c([N+](=O)[O-])c1. The van der Waals surface area contributed by atoms with Crippen molar-refractivity contribution in [2.45, 2.75) is 114 Å². The van der Waals surface area contributed by atoms with Gasteiger partial charge in [0.2, 0.25) is 0 Å². The topological polar surface area (TPSA) is 192 Å². The molecule has 4 fully saturated rings. The van der Waals surface area contributed by atoms with Gasteiger partial charge >= 0.3 is 0 Å². The Kier molecular flexibility index (Phi) is 13.0. The first-order valence-electron chi connectivity index (χ1n) is 23.9. The van der Waals surface area contributed by atoms with E-state index in [4.69, 9.17) is 9.47 Å². The molecule has 67 heavy (non-hydrogen) atoms. The van der Waals surface area contributed by atoms with Crippen molar-refractivity contribution in [1.29, 1.82) is 0 Å². The van der Waals surface area contributed by atoms with Crippen molar-refractivity contribution in [3.8, 4) is 17.4 Å². The third-order valence-corrected chi connectivity index (χ3v) is 16.2. The van der Waals surface area contributed by atoms with Gasteiger partial charge in [0.05, 0.1) is 27.6 Å². The summed E-state index contributed by atoms with van der Waals surface area (Å²) < 4.78 is 42.2. The van der Waals surface area contributed by atoms with Gasteiger partial charge in [-0.1, -0.05) is 44.5 Å². The van der Waals surface area contributed by atoms with Crippen LogP contribution in [0.2, 0.25) is 0 Å². The quantitative estimate of drug-likeness (QED) is 0.0575. The van der Waals surface area contributed by atoms with Gasteiger partial charge in [0.1, 0.15) is 17.1 Å². The molecule has 16 heteroatoms. The smallest absolute Gasteiger partial charge is 0.293 e. The Labute approximate surface area is 392 Å². The van der Waals surface area contributed by atoms with Gasteiger partial charge in [-0.15, -0.1) is 0 Å². The first kappa shape index (κ1) is 46.4. The van der Waals surface area contributed by atoms with Gasteiger partial charge in [-0.2, -0.15) is 4.98 Å². The number of pyridine rings is 1. The first-order valence-corrected chi connectivity index (χ1v) is 25.4. The van der Waals surface area contributed by atoms with Crippen LogP contribution in [0.15, 0.2) is 83.9 Å². The number of aromatic nitrogens is 2. The Morgan fingerprint density at radius 1 is 0.985 bits per heavy atom. The monoisotopic (exact) mass is 933 g/mol. The van der Waals surface area contributed by atoms with Crippen LogP contribution in [0.5, 0.6) is 17.4 Å². The van der Waals surface area contributed by atoms with E-state index in [1.54, 1.807) is 24.4 Å². The number of H-pyrrole nitrogens is 1. The number of rotatable bonds is 15. The van der Waals surface area contributed by atoms with Gasteiger partial charge in [-0.25, -0.2) is 13.1 Å². The molecule has 2 saturated heterocycles. The molecule has 1 spiro atoms. The van der Waals surface area contributed by atoms with E-state index in [0.29, 0.717) is 49.5 Å². The highest BCUT2D eigenvalue weighted by Crippen LogP contribution is 2.49. The number of anilines is 2. The number of nitro groups is 1. The zero-order valence-corrected chi connectivity index (χ0v) is 39.7. The molecule has 4 heterocycles. The molecule has 2 aliphatic carbocycles. The fourth-order valence-electron chi connectivity index (χ4n) is 11.0. The Morgan fingerprint density at radius 2 is 1.75 bits per heavy atom. The number of aromatic amines is 1. The molecule has 4 aliphatic rings. The Balaban J connectivity index is 0.925. The van der Waals surface area contributed by atoms with Crippen LogP contribution in [0.1, 0.15) is 119 Å². The number of amides is 1. The molecule has 0 bridgehead atoms. The second-order valence-electron chi connectivity index (χ2n) is 19.9. The first-order chi connectivity index (χ1) is 32.1. The molecular formula is C51H63N7O8S. The highest BCUT2D eigenvalue weighted by atomic mass is 32.2. The van der Waals surface area contributed by atoms with Gasteiger partial charge in [0, 0.05) is 68.2 Å². The number of sulfonamides is 1. The Hall–Kier alpha value is -5.71. The minimum atomic E-state index is -4.60. The molecule has 0 unspecified atom stereocenters. The van der Waals surface area contributed by atoms with Gasteiger partial charge in [0.25, 0.3) is 27.5 Å². The number of ether oxygens (including phenoxy) is 2. The number of carbonyl (C=O) groups excluding carboxylic acids is 1. The number of piperidine rings is 1. The molecule has 5 aromatic rings. The normalized spacial score (nSPS) is 23.0. The number of nitrogens with zero attached hydrogens (tertiary/aromatic N) is 4. The van der Waals surface area contributed by atoms with E-state index in [9.17, 15) is 28.4 Å². The zero-order chi connectivity index (χ0) is 47.1. The maximum atomic E-state index is 14.2. The molecule has 2 aliphatic heterocycles. The van der Waals surface area contributed by atoms with E-state index in [1.165, 1.54) is 42.5 Å². The van der Waals surface area contributed by atoms with Gasteiger partial charge < -0.3 is 29.8 Å². The summed E-state index contributed by atoms with van der Waals surface area (Å²) >= 11 is 0. The number of nitro benzene ring substituents is 1. The minimum absolute atomic E-state index is 0.0588. The molecule has 0 radical (unpaired) electrons. The van der Waals surface area contributed by atoms with E-state index >= 15 is 0 Å². The lowest BCUT2D eigenvalue weighted by atomic mass is 9.70. The average molecular weight is 934 g/mol. The summed E-state index contributed by atoms with van der Waals surface area (Å²) in [5.74, 6) is 0.829. The highest BCUT2D eigenvalue weighted by molar-refractivity contribution is 7.90. The van der Waals surface area contributed by atoms with Crippen LogP contribution in [0.3, 0.4) is 0 Å². The van der Waals surface area contributed by atoms with Crippen LogP contribution in [0.4, 0.5) is 17.1 Å². The summed E-state index contributed by atoms with van der Waals surface area (Å²) in [5, 5.41) is 26.4. The van der Waals surface area contributed by atoms with Crippen molar-refractivity contribution in [3.63, 3.8) is 0 Å². The third kappa shape index (κ3) is 9.84. The second-order valence-corrected chi connectivity index (χ2v) is 21.6. The molecule has 2 atom stereocenters. The average Bonchev–Trinajstić information content (AvgIpc) is 3.98. The number of nitrogens with one attached hydrogen (secondary N) is 3. The molecule has 15 nitrogen and oxygen atoms in total. The van der Waals surface area contributed by atoms with E-state index < -0.39 is 37.0 Å². The van der Waals surface area contributed by atoms with E-state index in [-0.39, 0.29) is 40.0 Å². The molecule has 1 amide bonds. The largest absolute Gasteiger partial charge is 0.475 e. The Morgan fingerprint density at radius 3 is 2.48 bits per heavy atom. The summed E-state index contributed by atoms with van der Waals surface area (Å²) in [7, 11) is -4.60. The fourth-order valence-corrected chi connectivity index (χ4v) is 12.0. The predicted octanol–water partition coefficient (Wildman–Crippen LogP) is 9.50. The third-order valence-electron chi connectivity index (χ3n) is 14.9. The van der Waals surface area contributed by atoms with Crippen LogP contribution in [0, 0.1) is 21.4 Å². The second kappa shape index (κ2) is 18.8. The molecule has 2 saturated carbocycles. The molecule has 2 aromatic heterocycles. The van der Waals surface area contributed by atoms with Gasteiger partial charge in [-0.05, 0) is 136 Å². The lowest BCUT2D eigenvalue weighted by molar-refractivity contribution is -0.384. The van der Waals surface area contributed by atoms with E-state index in [2.05, 4.69) is 67.9 Å². The lowest BCUT2D eigenvalue weighted by Gasteiger charge is -2.57. The summed E-state index contributed by atoms with van der Waals surface area (Å²) in [5.41, 5.74) is 3.62. The van der Waals surface area contributed by atoms with E-state index in [0.717, 1.165) is 69.0 Å². The molecule has 356 valence electrons. The molecule has 9 rings (SSSR count). The van der Waals surface area contributed by atoms with E-state index in [1.807, 2.05) is 26.0 Å². The van der Waals surface area contributed by atoms with Crippen LogP contribution >= 0.6 is 0 Å². The minimum Gasteiger partial charge on any atom is -0.475 e. The van der Waals surface area contributed by atoms with Crippen molar-refractivity contribution in [2.75, 3.05) is 49.5 Å². The number of hydrogen-bond acceptors (Lipinski definition) is 12. The molecule has 4 N–H and O–H groups in total. The summed E-state index contributed by atoms with van der Waals surface area (Å²) in [6, 6.07) is 21.8. The maximum Gasteiger partial charge on any atom is 0.293 e. The van der Waals surface area contributed by atoms with Crippen LogP contribution in [-0.4, -0.2) is 90.2 Å². The number of hydrogen-bond donors (Lipinski definition) is 4. The highest BCUT2D eigenvalue weighted by Gasteiger charge is 2.49. The lowest BCUT2D eigenvalue weighted by Crippen LogP contribution is -2.63. The molecular weight excluding hydrogens is 871 g/mol.